The first-order valence-corrected chi connectivity index (χ1v) is 6.39. The average molecular weight is 285 g/mol. The standard InChI is InChI=1S/C12H17BrN2O/c1-16-12-6-9(13)5-11(7-12)15-10-3-2-4-14-8-10/h5-7,10,14-15H,2-4,8H2,1H3. The first-order valence-electron chi connectivity index (χ1n) is 5.60. The van der Waals surface area contributed by atoms with Gasteiger partial charge in [0.15, 0.2) is 0 Å². The smallest absolute Gasteiger partial charge is 0.122 e. The van der Waals surface area contributed by atoms with E-state index in [1.54, 1.807) is 7.11 Å². The van der Waals surface area contributed by atoms with Gasteiger partial charge in [-0.2, -0.15) is 0 Å². The molecule has 88 valence electrons. The number of ether oxygens (including phenoxy) is 1. The minimum atomic E-state index is 0.521. The van der Waals surface area contributed by atoms with E-state index in [9.17, 15) is 0 Å². The number of hydrogen-bond donors (Lipinski definition) is 2. The van der Waals surface area contributed by atoms with Gasteiger partial charge < -0.3 is 15.4 Å². The van der Waals surface area contributed by atoms with Crippen molar-refractivity contribution < 1.29 is 4.74 Å². The molecule has 1 heterocycles. The molecule has 2 rings (SSSR count). The van der Waals surface area contributed by atoms with Crippen molar-refractivity contribution in [2.45, 2.75) is 18.9 Å². The normalized spacial score (nSPS) is 20.5. The van der Waals surface area contributed by atoms with Crippen LogP contribution in [0.2, 0.25) is 0 Å². The van der Waals surface area contributed by atoms with Crippen LogP contribution < -0.4 is 15.4 Å². The Hall–Kier alpha value is -0.740. The Balaban J connectivity index is 2.04. The lowest BCUT2D eigenvalue weighted by Crippen LogP contribution is -2.38. The molecule has 1 saturated heterocycles. The quantitative estimate of drug-likeness (QED) is 0.895. The second kappa shape index (κ2) is 5.55. The van der Waals surface area contributed by atoms with Crippen molar-refractivity contribution in [2.24, 2.45) is 0 Å². The summed E-state index contributed by atoms with van der Waals surface area (Å²) in [6, 6.07) is 6.59. The van der Waals surface area contributed by atoms with Crippen LogP contribution >= 0.6 is 15.9 Å². The Morgan fingerprint density at radius 3 is 3.00 bits per heavy atom. The molecule has 16 heavy (non-hydrogen) atoms. The van der Waals surface area contributed by atoms with E-state index in [1.165, 1.54) is 12.8 Å². The van der Waals surface area contributed by atoms with Crippen molar-refractivity contribution >= 4 is 21.6 Å². The zero-order chi connectivity index (χ0) is 11.4. The van der Waals surface area contributed by atoms with Crippen LogP contribution in [0.5, 0.6) is 5.75 Å². The van der Waals surface area contributed by atoms with Gasteiger partial charge >= 0.3 is 0 Å². The van der Waals surface area contributed by atoms with Crippen LogP contribution in [0.15, 0.2) is 22.7 Å². The Morgan fingerprint density at radius 1 is 1.44 bits per heavy atom. The molecule has 0 amide bonds. The molecule has 1 fully saturated rings. The predicted molar refractivity (Wildman–Crippen MR) is 70.2 cm³/mol. The summed E-state index contributed by atoms with van der Waals surface area (Å²) >= 11 is 3.48. The molecule has 0 aromatic heterocycles. The van der Waals surface area contributed by atoms with E-state index in [-0.39, 0.29) is 0 Å². The molecule has 0 aliphatic carbocycles. The minimum absolute atomic E-state index is 0.521. The summed E-state index contributed by atoms with van der Waals surface area (Å²) in [6.07, 6.45) is 2.46. The van der Waals surface area contributed by atoms with Crippen LogP contribution in [0.4, 0.5) is 5.69 Å². The summed E-state index contributed by atoms with van der Waals surface area (Å²) in [7, 11) is 1.69. The number of nitrogens with one attached hydrogen (secondary N) is 2. The van der Waals surface area contributed by atoms with Crippen molar-refractivity contribution in [1.82, 2.24) is 5.32 Å². The van der Waals surface area contributed by atoms with Gasteiger partial charge in [0.1, 0.15) is 5.75 Å². The Labute approximate surface area is 105 Å². The number of anilines is 1. The summed E-state index contributed by atoms with van der Waals surface area (Å²) < 4.78 is 6.28. The van der Waals surface area contributed by atoms with Gasteiger partial charge in [-0.25, -0.2) is 0 Å². The van der Waals surface area contributed by atoms with Crippen LogP contribution in [-0.2, 0) is 0 Å². The van der Waals surface area contributed by atoms with E-state index >= 15 is 0 Å². The molecule has 1 atom stereocenters. The lowest BCUT2D eigenvalue weighted by atomic mass is 10.1. The molecule has 1 aliphatic heterocycles. The molecule has 2 N–H and O–H groups in total. The molecule has 3 nitrogen and oxygen atoms in total. The van der Waals surface area contributed by atoms with Gasteiger partial charge in [0, 0.05) is 28.8 Å². The topological polar surface area (TPSA) is 33.3 Å². The van der Waals surface area contributed by atoms with Crippen LogP contribution in [-0.4, -0.2) is 26.2 Å². The molecule has 1 unspecified atom stereocenters. The average Bonchev–Trinajstić information content (AvgIpc) is 2.29. The number of halogens is 1. The molecular weight excluding hydrogens is 268 g/mol. The maximum atomic E-state index is 5.24. The van der Waals surface area contributed by atoms with Gasteiger partial charge in [-0.15, -0.1) is 0 Å². The molecule has 0 bridgehead atoms. The lowest BCUT2D eigenvalue weighted by molar-refractivity contribution is 0.414. The van der Waals surface area contributed by atoms with Crippen LogP contribution in [0, 0.1) is 0 Å². The van der Waals surface area contributed by atoms with Gasteiger partial charge in [-0.1, -0.05) is 15.9 Å². The number of hydrogen-bond acceptors (Lipinski definition) is 3. The Bertz CT molecular complexity index is 351. The van der Waals surface area contributed by atoms with Crippen LogP contribution in [0.3, 0.4) is 0 Å². The number of piperidine rings is 1. The second-order valence-corrected chi connectivity index (χ2v) is 4.98. The third-order valence-corrected chi connectivity index (χ3v) is 3.23. The molecule has 1 aromatic carbocycles. The van der Waals surface area contributed by atoms with E-state index in [2.05, 4.69) is 32.6 Å². The van der Waals surface area contributed by atoms with Gasteiger partial charge in [0.05, 0.1) is 7.11 Å². The molecule has 0 radical (unpaired) electrons. The lowest BCUT2D eigenvalue weighted by Gasteiger charge is -2.25. The van der Waals surface area contributed by atoms with E-state index in [0.717, 1.165) is 29.0 Å². The highest BCUT2D eigenvalue weighted by molar-refractivity contribution is 9.10. The summed E-state index contributed by atoms with van der Waals surface area (Å²) in [6.45, 7) is 2.18. The predicted octanol–water partition coefficient (Wildman–Crippen LogP) is 2.62. The van der Waals surface area contributed by atoms with Crippen molar-refractivity contribution in [1.29, 1.82) is 0 Å². The summed E-state index contributed by atoms with van der Waals surface area (Å²) in [5.41, 5.74) is 1.11. The highest BCUT2D eigenvalue weighted by Gasteiger charge is 2.12. The maximum Gasteiger partial charge on any atom is 0.122 e. The maximum absolute atomic E-state index is 5.24. The first-order chi connectivity index (χ1) is 7.78. The number of methoxy groups -OCH3 is 1. The van der Waals surface area contributed by atoms with E-state index in [4.69, 9.17) is 4.74 Å². The Morgan fingerprint density at radius 2 is 2.31 bits per heavy atom. The monoisotopic (exact) mass is 284 g/mol. The summed E-state index contributed by atoms with van der Waals surface area (Å²) in [5, 5.41) is 6.92. The van der Waals surface area contributed by atoms with Crippen LogP contribution in [0.25, 0.3) is 0 Å². The van der Waals surface area contributed by atoms with Crippen molar-refractivity contribution in [3.8, 4) is 5.75 Å². The van der Waals surface area contributed by atoms with Crippen molar-refractivity contribution in [3.63, 3.8) is 0 Å². The zero-order valence-electron chi connectivity index (χ0n) is 9.42. The first kappa shape index (κ1) is 11.7. The molecule has 0 saturated carbocycles. The number of rotatable bonds is 3. The van der Waals surface area contributed by atoms with Gasteiger partial charge in [-0.3, -0.25) is 0 Å². The third-order valence-electron chi connectivity index (χ3n) is 2.77. The Kier molecular flexibility index (Phi) is 4.07. The highest BCUT2D eigenvalue weighted by Crippen LogP contribution is 2.25. The molecule has 0 spiro atoms. The molecule has 4 heteroatoms. The fraction of sp³-hybridized carbons (Fsp3) is 0.500. The fourth-order valence-corrected chi connectivity index (χ4v) is 2.45. The number of benzene rings is 1. The van der Waals surface area contributed by atoms with Crippen LogP contribution in [0.1, 0.15) is 12.8 Å². The zero-order valence-corrected chi connectivity index (χ0v) is 11.0. The van der Waals surface area contributed by atoms with Crippen molar-refractivity contribution in [2.75, 3.05) is 25.5 Å². The van der Waals surface area contributed by atoms with E-state index in [0.29, 0.717) is 6.04 Å². The SMILES string of the molecule is COc1cc(Br)cc(NC2CCCNC2)c1. The second-order valence-electron chi connectivity index (χ2n) is 4.07. The molecule has 1 aliphatic rings. The van der Waals surface area contributed by atoms with Gasteiger partial charge in [0.2, 0.25) is 0 Å². The van der Waals surface area contributed by atoms with E-state index < -0.39 is 0 Å². The summed E-state index contributed by atoms with van der Waals surface area (Å²) in [4.78, 5) is 0. The molecular formula is C12H17BrN2O. The van der Waals surface area contributed by atoms with E-state index in [1.807, 2.05) is 12.1 Å². The van der Waals surface area contributed by atoms with Gasteiger partial charge in [0.25, 0.3) is 0 Å². The fourth-order valence-electron chi connectivity index (χ4n) is 1.97. The molecule has 1 aromatic rings. The third kappa shape index (κ3) is 3.12. The highest BCUT2D eigenvalue weighted by atomic mass is 79.9. The minimum Gasteiger partial charge on any atom is -0.497 e. The van der Waals surface area contributed by atoms with Gasteiger partial charge in [-0.05, 0) is 31.5 Å². The summed E-state index contributed by atoms with van der Waals surface area (Å²) in [5.74, 6) is 0.876. The van der Waals surface area contributed by atoms with Crippen molar-refractivity contribution in [3.05, 3.63) is 22.7 Å². The largest absolute Gasteiger partial charge is 0.497 e.